The molecule has 4 rings (SSSR count). The number of carbonyl (C=O) groups is 3. The highest BCUT2D eigenvalue weighted by Gasteiger charge is 2.34. The molecule has 1 saturated heterocycles. The van der Waals surface area contributed by atoms with Gasteiger partial charge in [-0.15, -0.1) is 0 Å². The number of nitrogens with zero attached hydrogens (tertiary/aromatic N) is 1. The van der Waals surface area contributed by atoms with Crippen molar-refractivity contribution in [3.63, 3.8) is 0 Å². The molecule has 2 N–H and O–H groups in total. The standard InChI is InChI=1S/C26H23Cl2N3O5/c1-35-20-8-5-16(6-9-20)15-31-12-11-23(24(31)32)36-25(33)17-3-2-4-18(13-17)29-26(34)30-19-7-10-21(27)22(28)14-19/h2-10,13-14,23H,11-12,15H2,1H3,(H2,29,30,34). The van der Waals surface area contributed by atoms with Crippen LogP contribution in [0.5, 0.6) is 5.75 Å². The molecule has 1 aliphatic heterocycles. The Morgan fingerprint density at radius 1 is 0.972 bits per heavy atom. The van der Waals surface area contributed by atoms with E-state index in [2.05, 4.69) is 10.6 Å². The molecule has 3 amide bonds. The van der Waals surface area contributed by atoms with Crippen LogP contribution in [-0.2, 0) is 16.1 Å². The Kier molecular flexibility index (Phi) is 7.97. The van der Waals surface area contributed by atoms with Gasteiger partial charge in [-0.25, -0.2) is 9.59 Å². The second kappa shape index (κ2) is 11.3. The molecule has 0 spiro atoms. The number of methoxy groups -OCH3 is 1. The largest absolute Gasteiger partial charge is 0.497 e. The molecule has 0 saturated carbocycles. The summed E-state index contributed by atoms with van der Waals surface area (Å²) in [5.41, 5.74) is 2.00. The van der Waals surface area contributed by atoms with E-state index < -0.39 is 18.1 Å². The Balaban J connectivity index is 1.32. The van der Waals surface area contributed by atoms with E-state index in [1.807, 2.05) is 24.3 Å². The molecule has 0 aliphatic carbocycles. The summed E-state index contributed by atoms with van der Waals surface area (Å²) in [6.07, 6.45) is -0.449. The number of urea groups is 1. The molecule has 186 valence electrons. The van der Waals surface area contributed by atoms with Crippen molar-refractivity contribution in [2.45, 2.75) is 19.1 Å². The summed E-state index contributed by atoms with van der Waals surface area (Å²) in [6, 6.07) is 17.9. The zero-order valence-corrected chi connectivity index (χ0v) is 20.8. The average molecular weight is 528 g/mol. The zero-order chi connectivity index (χ0) is 25.7. The first-order valence-corrected chi connectivity index (χ1v) is 11.8. The average Bonchev–Trinajstić information content (AvgIpc) is 3.20. The monoisotopic (exact) mass is 527 g/mol. The zero-order valence-electron chi connectivity index (χ0n) is 19.3. The fourth-order valence-electron chi connectivity index (χ4n) is 3.72. The Hall–Kier alpha value is -3.75. The third-order valence-corrected chi connectivity index (χ3v) is 6.30. The maximum atomic E-state index is 12.8. The summed E-state index contributed by atoms with van der Waals surface area (Å²) in [6.45, 7) is 0.906. The number of ether oxygens (including phenoxy) is 2. The minimum absolute atomic E-state index is 0.212. The molecule has 8 nitrogen and oxygen atoms in total. The Morgan fingerprint density at radius 2 is 1.69 bits per heavy atom. The molecular formula is C26H23Cl2N3O5. The first-order valence-electron chi connectivity index (χ1n) is 11.1. The van der Waals surface area contributed by atoms with Crippen molar-refractivity contribution < 1.29 is 23.9 Å². The van der Waals surface area contributed by atoms with E-state index >= 15 is 0 Å². The summed E-state index contributed by atoms with van der Waals surface area (Å²) in [5, 5.41) is 5.97. The van der Waals surface area contributed by atoms with Crippen molar-refractivity contribution in [2.75, 3.05) is 24.3 Å². The van der Waals surface area contributed by atoms with E-state index in [9.17, 15) is 14.4 Å². The molecule has 1 fully saturated rings. The number of halogens is 2. The van der Waals surface area contributed by atoms with E-state index in [0.29, 0.717) is 40.9 Å². The van der Waals surface area contributed by atoms with Crippen LogP contribution in [0.25, 0.3) is 0 Å². The SMILES string of the molecule is COc1ccc(CN2CCC(OC(=O)c3cccc(NC(=O)Nc4ccc(Cl)c(Cl)c4)c3)C2=O)cc1. The van der Waals surface area contributed by atoms with Crippen molar-refractivity contribution in [1.29, 1.82) is 0 Å². The molecule has 10 heteroatoms. The van der Waals surface area contributed by atoms with E-state index in [-0.39, 0.29) is 11.5 Å². The highest BCUT2D eigenvalue weighted by Crippen LogP contribution is 2.25. The van der Waals surface area contributed by atoms with Gasteiger partial charge in [-0.2, -0.15) is 0 Å². The molecule has 1 atom stereocenters. The van der Waals surface area contributed by atoms with Gasteiger partial charge in [0, 0.05) is 30.9 Å². The van der Waals surface area contributed by atoms with Crippen molar-refractivity contribution in [1.82, 2.24) is 4.90 Å². The van der Waals surface area contributed by atoms with Gasteiger partial charge in [0.15, 0.2) is 6.10 Å². The van der Waals surface area contributed by atoms with Gasteiger partial charge in [0.05, 0.1) is 22.7 Å². The molecule has 1 aliphatic rings. The van der Waals surface area contributed by atoms with Crippen LogP contribution in [-0.4, -0.2) is 42.6 Å². The lowest BCUT2D eigenvalue weighted by molar-refractivity contribution is -0.135. The number of nitrogens with one attached hydrogen (secondary N) is 2. The lowest BCUT2D eigenvalue weighted by Gasteiger charge is -2.17. The molecule has 0 radical (unpaired) electrons. The maximum absolute atomic E-state index is 12.8. The lowest BCUT2D eigenvalue weighted by atomic mass is 10.2. The highest BCUT2D eigenvalue weighted by molar-refractivity contribution is 6.42. The van der Waals surface area contributed by atoms with Gasteiger partial charge in [-0.1, -0.05) is 41.4 Å². The number of carbonyl (C=O) groups excluding carboxylic acids is 3. The van der Waals surface area contributed by atoms with Crippen LogP contribution in [0.15, 0.2) is 66.7 Å². The van der Waals surface area contributed by atoms with Crippen molar-refractivity contribution >= 4 is 52.5 Å². The first kappa shape index (κ1) is 25.3. The molecule has 1 unspecified atom stereocenters. The van der Waals surface area contributed by atoms with Crippen LogP contribution in [0.1, 0.15) is 22.3 Å². The molecule has 0 aromatic heterocycles. The second-order valence-corrected chi connectivity index (χ2v) is 8.89. The van der Waals surface area contributed by atoms with Gasteiger partial charge in [-0.3, -0.25) is 4.79 Å². The summed E-state index contributed by atoms with van der Waals surface area (Å²) in [4.78, 5) is 39.5. The van der Waals surface area contributed by atoms with E-state index in [0.717, 1.165) is 11.3 Å². The fourth-order valence-corrected chi connectivity index (χ4v) is 4.01. The summed E-state index contributed by atoms with van der Waals surface area (Å²) in [7, 11) is 1.59. The van der Waals surface area contributed by atoms with E-state index in [4.69, 9.17) is 32.7 Å². The third kappa shape index (κ3) is 6.27. The quantitative estimate of drug-likeness (QED) is 0.389. The topological polar surface area (TPSA) is 97.0 Å². The Labute approximate surface area is 218 Å². The van der Waals surface area contributed by atoms with Crippen LogP contribution in [0.3, 0.4) is 0 Å². The molecule has 3 aromatic rings. The Bertz CT molecular complexity index is 1280. The van der Waals surface area contributed by atoms with Crippen molar-refractivity contribution in [2.24, 2.45) is 0 Å². The number of amides is 3. The lowest BCUT2D eigenvalue weighted by Crippen LogP contribution is -2.31. The molecular weight excluding hydrogens is 505 g/mol. The van der Waals surface area contributed by atoms with Gasteiger partial charge in [0.2, 0.25) is 0 Å². The highest BCUT2D eigenvalue weighted by atomic mass is 35.5. The second-order valence-electron chi connectivity index (χ2n) is 8.08. The number of anilines is 2. The van der Waals surface area contributed by atoms with Crippen LogP contribution >= 0.6 is 23.2 Å². The van der Waals surface area contributed by atoms with Crippen LogP contribution in [0.2, 0.25) is 10.0 Å². The summed E-state index contributed by atoms with van der Waals surface area (Å²) >= 11 is 11.9. The molecule has 36 heavy (non-hydrogen) atoms. The van der Waals surface area contributed by atoms with Crippen molar-refractivity contribution in [3.05, 3.63) is 87.9 Å². The van der Waals surface area contributed by atoms with Crippen molar-refractivity contribution in [3.8, 4) is 5.75 Å². The number of esters is 1. The van der Waals surface area contributed by atoms with E-state index in [1.54, 1.807) is 42.3 Å². The van der Waals surface area contributed by atoms with Crippen LogP contribution < -0.4 is 15.4 Å². The smallest absolute Gasteiger partial charge is 0.338 e. The first-order chi connectivity index (χ1) is 17.3. The van der Waals surface area contributed by atoms with Gasteiger partial charge in [0.1, 0.15) is 5.75 Å². The number of hydrogen-bond acceptors (Lipinski definition) is 5. The minimum atomic E-state index is -0.856. The number of rotatable bonds is 7. The molecule has 0 bridgehead atoms. The number of benzene rings is 3. The fraction of sp³-hybridized carbons (Fsp3) is 0.192. The molecule has 3 aromatic carbocycles. The Morgan fingerprint density at radius 3 is 2.39 bits per heavy atom. The number of likely N-dealkylation sites (tertiary alicyclic amines) is 1. The summed E-state index contributed by atoms with van der Waals surface area (Å²) < 4.78 is 10.6. The normalized spacial score (nSPS) is 14.9. The third-order valence-electron chi connectivity index (χ3n) is 5.56. The summed E-state index contributed by atoms with van der Waals surface area (Å²) in [5.74, 6) is -0.149. The maximum Gasteiger partial charge on any atom is 0.338 e. The van der Waals surface area contributed by atoms with E-state index in [1.165, 1.54) is 12.1 Å². The molecule has 1 heterocycles. The minimum Gasteiger partial charge on any atom is -0.497 e. The van der Waals surface area contributed by atoms with Gasteiger partial charge in [0.25, 0.3) is 5.91 Å². The van der Waals surface area contributed by atoms with Crippen LogP contribution in [0.4, 0.5) is 16.2 Å². The predicted octanol–water partition coefficient (Wildman–Crippen LogP) is 5.60. The van der Waals surface area contributed by atoms with Gasteiger partial charge >= 0.3 is 12.0 Å². The van der Waals surface area contributed by atoms with Gasteiger partial charge in [-0.05, 0) is 54.1 Å². The predicted molar refractivity (Wildman–Crippen MR) is 138 cm³/mol. The van der Waals surface area contributed by atoms with Crippen LogP contribution in [0, 0.1) is 0 Å². The van der Waals surface area contributed by atoms with Gasteiger partial charge < -0.3 is 25.0 Å². The number of hydrogen-bond donors (Lipinski definition) is 2.